The molecule has 0 aliphatic carbocycles. The fourth-order valence-corrected chi connectivity index (χ4v) is 2.68. The van der Waals surface area contributed by atoms with E-state index in [-0.39, 0.29) is 12.1 Å². The number of thiophene rings is 1. The molecule has 0 aliphatic rings. The number of benzene rings is 1. The van der Waals surface area contributed by atoms with Crippen molar-refractivity contribution in [3.63, 3.8) is 0 Å². The number of hydrogen-bond donors (Lipinski definition) is 2. The van der Waals surface area contributed by atoms with Crippen LogP contribution in [0.5, 0.6) is 0 Å². The second kappa shape index (κ2) is 6.31. The number of nitrogens with zero attached hydrogens (tertiary/aromatic N) is 1. The summed E-state index contributed by atoms with van der Waals surface area (Å²) in [6.45, 7) is 0.338. The third kappa shape index (κ3) is 4.25. The lowest BCUT2D eigenvalue weighted by Gasteiger charge is -2.05. The maximum absolute atomic E-state index is 13.3. The summed E-state index contributed by atoms with van der Waals surface area (Å²) in [7, 11) is 0. The lowest BCUT2D eigenvalue weighted by atomic mass is 10.2. The van der Waals surface area contributed by atoms with E-state index in [1.54, 1.807) is 12.1 Å². The molecule has 2 rings (SSSR count). The fraction of sp³-hybridized carbons (Fsp3) is 0.154. The van der Waals surface area contributed by atoms with E-state index >= 15 is 0 Å². The van der Waals surface area contributed by atoms with Gasteiger partial charge in [0.2, 0.25) is 0 Å². The van der Waals surface area contributed by atoms with Crippen molar-refractivity contribution in [2.75, 3.05) is 5.32 Å². The molecule has 21 heavy (non-hydrogen) atoms. The molecule has 0 saturated heterocycles. The van der Waals surface area contributed by atoms with Gasteiger partial charge in [-0.2, -0.15) is 0 Å². The molecule has 0 unspecified atom stereocenters. The van der Waals surface area contributed by atoms with Crippen molar-refractivity contribution in [1.29, 1.82) is 0 Å². The predicted octanol–water partition coefficient (Wildman–Crippen LogP) is 3.03. The largest absolute Gasteiger partial charge is 0.481 e. The molecular weight excluding hydrogens is 299 g/mol. The van der Waals surface area contributed by atoms with Crippen LogP contribution in [0.2, 0.25) is 0 Å². The van der Waals surface area contributed by atoms with E-state index in [4.69, 9.17) is 5.11 Å². The Morgan fingerprint density at radius 2 is 2.05 bits per heavy atom. The number of anilines is 1. The van der Waals surface area contributed by atoms with Gasteiger partial charge in [0.15, 0.2) is 0 Å². The Kier molecular flexibility index (Phi) is 4.49. The van der Waals surface area contributed by atoms with Gasteiger partial charge in [-0.1, -0.05) is 0 Å². The van der Waals surface area contributed by atoms with Crippen LogP contribution < -0.4 is 5.32 Å². The van der Waals surface area contributed by atoms with Gasteiger partial charge in [-0.15, -0.1) is 11.3 Å². The standard InChI is InChI=1S/C13H11FN2O4S/c14-8-3-9(5-10(4-8)16(19)20)15-7-12-2-1-11(21-12)6-13(17)18/h1-5,15H,6-7H2,(H,17,18). The van der Waals surface area contributed by atoms with Gasteiger partial charge in [0.25, 0.3) is 5.69 Å². The quantitative estimate of drug-likeness (QED) is 0.632. The molecule has 0 aliphatic heterocycles. The molecule has 1 heterocycles. The number of nitro groups is 1. The lowest BCUT2D eigenvalue weighted by Crippen LogP contribution is -1.99. The molecule has 0 fully saturated rings. The van der Waals surface area contributed by atoms with Gasteiger partial charge in [-0.3, -0.25) is 14.9 Å². The number of nitrogens with one attached hydrogen (secondary N) is 1. The number of halogens is 1. The zero-order valence-electron chi connectivity index (χ0n) is 10.7. The Labute approximate surface area is 123 Å². The molecule has 110 valence electrons. The Hall–Kier alpha value is -2.48. The summed E-state index contributed by atoms with van der Waals surface area (Å²) in [6, 6.07) is 6.74. The van der Waals surface area contributed by atoms with E-state index in [1.807, 2.05) is 0 Å². The minimum atomic E-state index is -0.905. The predicted molar refractivity (Wildman–Crippen MR) is 76.0 cm³/mol. The van der Waals surface area contributed by atoms with Crippen LogP contribution in [0.3, 0.4) is 0 Å². The van der Waals surface area contributed by atoms with Crippen molar-refractivity contribution in [1.82, 2.24) is 0 Å². The van der Waals surface area contributed by atoms with Crippen LogP contribution in [0, 0.1) is 15.9 Å². The normalized spacial score (nSPS) is 10.3. The van der Waals surface area contributed by atoms with Gasteiger partial charge in [0.05, 0.1) is 17.4 Å². The Balaban J connectivity index is 2.04. The molecule has 6 nitrogen and oxygen atoms in total. The van der Waals surface area contributed by atoms with Gasteiger partial charge < -0.3 is 10.4 Å². The van der Waals surface area contributed by atoms with E-state index in [0.29, 0.717) is 17.1 Å². The minimum Gasteiger partial charge on any atom is -0.481 e. The topological polar surface area (TPSA) is 92.5 Å². The summed E-state index contributed by atoms with van der Waals surface area (Å²) < 4.78 is 13.3. The van der Waals surface area contributed by atoms with Crippen LogP contribution >= 0.6 is 11.3 Å². The average Bonchev–Trinajstić information content (AvgIpc) is 2.82. The minimum absolute atomic E-state index is 0.0455. The first-order valence-corrected chi connectivity index (χ1v) is 6.74. The van der Waals surface area contributed by atoms with Crippen molar-refractivity contribution in [3.05, 3.63) is 56.0 Å². The van der Waals surface area contributed by atoms with Gasteiger partial charge in [0.1, 0.15) is 5.82 Å². The highest BCUT2D eigenvalue weighted by atomic mass is 32.1. The monoisotopic (exact) mass is 310 g/mol. The summed E-state index contributed by atoms with van der Waals surface area (Å²) >= 11 is 1.32. The Morgan fingerprint density at radius 3 is 2.71 bits per heavy atom. The summed E-state index contributed by atoms with van der Waals surface area (Å²) in [4.78, 5) is 22.1. The number of aliphatic carboxylic acids is 1. The molecule has 0 saturated carbocycles. The number of carboxylic acids is 1. The molecule has 0 amide bonds. The first-order chi connectivity index (χ1) is 9.94. The van der Waals surface area contributed by atoms with Crippen LogP contribution in [-0.2, 0) is 17.8 Å². The van der Waals surface area contributed by atoms with Crippen molar-refractivity contribution >= 4 is 28.7 Å². The van der Waals surface area contributed by atoms with Crippen molar-refractivity contribution in [3.8, 4) is 0 Å². The van der Waals surface area contributed by atoms with Crippen LogP contribution in [0.15, 0.2) is 30.3 Å². The van der Waals surface area contributed by atoms with Crippen LogP contribution in [0.4, 0.5) is 15.8 Å². The fourth-order valence-electron chi connectivity index (χ4n) is 1.73. The highest BCUT2D eigenvalue weighted by molar-refractivity contribution is 7.12. The van der Waals surface area contributed by atoms with E-state index < -0.39 is 16.7 Å². The molecule has 2 aromatic rings. The number of hydrogen-bond acceptors (Lipinski definition) is 5. The summed E-state index contributed by atoms with van der Waals surface area (Å²) in [5.74, 6) is -1.60. The lowest BCUT2D eigenvalue weighted by molar-refractivity contribution is -0.385. The van der Waals surface area contributed by atoms with Crippen LogP contribution in [0.25, 0.3) is 0 Å². The van der Waals surface area contributed by atoms with Crippen molar-refractivity contribution in [2.24, 2.45) is 0 Å². The molecule has 2 N–H and O–H groups in total. The Morgan fingerprint density at radius 1 is 1.33 bits per heavy atom. The highest BCUT2D eigenvalue weighted by Crippen LogP contribution is 2.22. The summed E-state index contributed by atoms with van der Waals surface area (Å²) in [5.41, 5.74) is -0.0230. The number of rotatable bonds is 6. The third-order valence-corrected chi connectivity index (χ3v) is 3.69. The molecule has 1 aromatic carbocycles. The molecule has 0 radical (unpaired) electrons. The molecule has 8 heteroatoms. The average molecular weight is 310 g/mol. The van der Waals surface area contributed by atoms with Crippen molar-refractivity contribution < 1.29 is 19.2 Å². The van der Waals surface area contributed by atoms with Crippen LogP contribution in [-0.4, -0.2) is 16.0 Å². The SMILES string of the molecule is O=C(O)Cc1ccc(CNc2cc(F)cc([N+](=O)[O-])c2)s1. The zero-order valence-corrected chi connectivity index (χ0v) is 11.5. The first kappa shape index (κ1) is 14.9. The molecule has 1 aromatic heterocycles. The molecular formula is C13H11FN2O4S. The maximum Gasteiger partial charge on any atom is 0.308 e. The van der Waals surface area contributed by atoms with Gasteiger partial charge in [-0.25, -0.2) is 4.39 Å². The molecule has 0 atom stereocenters. The van der Waals surface area contributed by atoms with Crippen molar-refractivity contribution in [2.45, 2.75) is 13.0 Å². The third-order valence-electron chi connectivity index (χ3n) is 2.60. The highest BCUT2D eigenvalue weighted by Gasteiger charge is 2.10. The number of carbonyl (C=O) groups is 1. The second-order valence-corrected chi connectivity index (χ2v) is 5.50. The summed E-state index contributed by atoms with van der Waals surface area (Å²) in [6.07, 6.45) is -0.0455. The number of carboxylic acid groups (broad SMARTS) is 1. The maximum atomic E-state index is 13.3. The smallest absolute Gasteiger partial charge is 0.308 e. The van der Waals surface area contributed by atoms with E-state index in [1.165, 1.54) is 23.5 Å². The van der Waals surface area contributed by atoms with Crippen LogP contribution in [0.1, 0.15) is 9.75 Å². The molecule has 0 bridgehead atoms. The number of non-ortho nitro benzene ring substituents is 1. The van der Waals surface area contributed by atoms with Gasteiger partial charge in [0, 0.05) is 28.1 Å². The van der Waals surface area contributed by atoms with Gasteiger partial charge >= 0.3 is 5.97 Å². The first-order valence-electron chi connectivity index (χ1n) is 5.92. The number of nitro benzene ring substituents is 1. The Bertz CT molecular complexity index is 687. The van der Waals surface area contributed by atoms with E-state index in [0.717, 1.165) is 10.9 Å². The van der Waals surface area contributed by atoms with E-state index in [2.05, 4.69) is 5.32 Å². The van der Waals surface area contributed by atoms with Gasteiger partial charge in [-0.05, 0) is 18.2 Å². The molecule has 0 spiro atoms. The zero-order chi connectivity index (χ0) is 15.4. The van der Waals surface area contributed by atoms with E-state index in [9.17, 15) is 19.3 Å². The second-order valence-electron chi connectivity index (χ2n) is 4.25. The summed E-state index contributed by atoms with van der Waals surface area (Å²) in [5, 5.41) is 22.2.